The molecule has 1 aliphatic rings. The lowest BCUT2D eigenvalue weighted by atomic mass is 10.3. The first-order chi connectivity index (χ1) is 12.2. The van der Waals surface area contributed by atoms with E-state index >= 15 is 0 Å². The van der Waals surface area contributed by atoms with Crippen molar-refractivity contribution in [2.75, 3.05) is 5.32 Å². The number of nitrogens with one attached hydrogen (secondary N) is 1. The van der Waals surface area contributed by atoms with Gasteiger partial charge in [0.15, 0.2) is 0 Å². The van der Waals surface area contributed by atoms with Crippen LogP contribution in [0.3, 0.4) is 0 Å². The molecule has 25 heavy (non-hydrogen) atoms. The summed E-state index contributed by atoms with van der Waals surface area (Å²) in [6.07, 6.45) is 2.05. The van der Waals surface area contributed by atoms with Crippen LogP contribution in [0.15, 0.2) is 65.5 Å². The van der Waals surface area contributed by atoms with Gasteiger partial charge in [0.05, 0.1) is 5.69 Å². The second kappa shape index (κ2) is 6.39. The van der Waals surface area contributed by atoms with E-state index < -0.39 is 0 Å². The Bertz CT molecular complexity index is 941. The zero-order valence-corrected chi connectivity index (χ0v) is 13.6. The second-order valence-corrected chi connectivity index (χ2v) is 6.16. The Morgan fingerprint density at radius 2 is 1.68 bits per heavy atom. The summed E-state index contributed by atoms with van der Waals surface area (Å²) in [6.45, 7) is -0.104. The molecule has 0 spiro atoms. The van der Waals surface area contributed by atoms with Gasteiger partial charge >= 0.3 is 5.69 Å². The van der Waals surface area contributed by atoms with Crippen molar-refractivity contribution < 1.29 is 4.79 Å². The molecule has 1 fully saturated rings. The average Bonchev–Trinajstić information content (AvgIpc) is 3.42. The highest BCUT2D eigenvalue weighted by Crippen LogP contribution is 2.39. The normalized spacial score (nSPS) is 13.6. The van der Waals surface area contributed by atoms with E-state index in [1.165, 1.54) is 4.68 Å². The summed E-state index contributed by atoms with van der Waals surface area (Å²) < 4.78 is 2.87. The van der Waals surface area contributed by atoms with Crippen LogP contribution in [0.2, 0.25) is 0 Å². The first-order valence-corrected chi connectivity index (χ1v) is 8.32. The third-order valence-electron chi connectivity index (χ3n) is 4.17. The van der Waals surface area contributed by atoms with Gasteiger partial charge in [-0.05, 0) is 37.1 Å². The molecule has 126 valence electrons. The summed E-state index contributed by atoms with van der Waals surface area (Å²) in [5, 5.41) is 7.22. The van der Waals surface area contributed by atoms with Crippen LogP contribution in [0.4, 0.5) is 5.69 Å². The Balaban J connectivity index is 1.62. The Kier molecular flexibility index (Phi) is 3.93. The maximum atomic E-state index is 12.8. The lowest BCUT2D eigenvalue weighted by Crippen LogP contribution is -2.29. The summed E-state index contributed by atoms with van der Waals surface area (Å²) in [7, 11) is 0. The van der Waals surface area contributed by atoms with Crippen molar-refractivity contribution in [2.45, 2.75) is 25.3 Å². The molecule has 0 unspecified atom stereocenters. The third-order valence-corrected chi connectivity index (χ3v) is 4.17. The highest BCUT2D eigenvalue weighted by Gasteiger charge is 2.31. The fraction of sp³-hybridized carbons (Fsp3) is 0.211. The van der Waals surface area contributed by atoms with E-state index in [0.29, 0.717) is 11.6 Å². The highest BCUT2D eigenvalue weighted by molar-refractivity contribution is 5.90. The number of anilines is 1. The molecule has 0 radical (unpaired) electrons. The molecule has 1 saturated carbocycles. The Morgan fingerprint density at radius 3 is 2.32 bits per heavy atom. The number of amides is 1. The number of hydrogen-bond acceptors (Lipinski definition) is 3. The SMILES string of the molecule is O=C(Cn1nc(C2CC2)n(-c2ccccc2)c1=O)Nc1ccccc1. The number of aromatic nitrogens is 3. The smallest absolute Gasteiger partial charge is 0.324 e. The van der Waals surface area contributed by atoms with Crippen molar-refractivity contribution in [3.63, 3.8) is 0 Å². The minimum atomic E-state index is -0.281. The number of rotatable bonds is 5. The summed E-state index contributed by atoms with van der Waals surface area (Å²) >= 11 is 0. The van der Waals surface area contributed by atoms with Crippen LogP contribution in [0.1, 0.15) is 24.6 Å². The predicted octanol–water partition coefficient (Wildman–Crippen LogP) is 2.55. The van der Waals surface area contributed by atoms with E-state index in [-0.39, 0.29) is 18.1 Å². The topological polar surface area (TPSA) is 68.9 Å². The molecule has 3 aromatic rings. The predicted molar refractivity (Wildman–Crippen MR) is 94.9 cm³/mol. The largest absolute Gasteiger partial charge is 0.351 e. The van der Waals surface area contributed by atoms with Crippen LogP contribution in [0.5, 0.6) is 0 Å². The van der Waals surface area contributed by atoms with E-state index in [9.17, 15) is 9.59 Å². The molecule has 0 saturated heterocycles. The molecule has 4 rings (SSSR count). The summed E-state index contributed by atoms with van der Waals surface area (Å²) in [6, 6.07) is 18.6. The van der Waals surface area contributed by atoms with E-state index in [4.69, 9.17) is 0 Å². The maximum Gasteiger partial charge on any atom is 0.351 e. The first kappa shape index (κ1) is 15.4. The van der Waals surface area contributed by atoms with E-state index in [2.05, 4.69) is 10.4 Å². The number of para-hydroxylation sites is 2. The first-order valence-electron chi connectivity index (χ1n) is 8.32. The van der Waals surface area contributed by atoms with Crippen molar-refractivity contribution in [1.29, 1.82) is 0 Å². The van der Waals surface area contributed by atoms with Gasteiger partial charge in [-0.2, -0.15) is 5.10 Å². The molecule has 0 bridgehead atoms. The summed E-state index contributed by atoms with van der Waals surface area (Å²) in [5.41, 5.74) is 1.20. The summed E-state index contributed by atoms with van der Waals surface area (Å²) in [4.78, 5) is 25.1. The van der Waals surface area contributed by atoms with Gasteiger partial charge in [0.25, 0.3) is 0 Å². The van der Waals surface area contributed by atoms with Crippen molar-refractivity contribution in [3.8, 4) is 5.69 Å². The molecular weight excluding hydrogens is 316 g/mol. The van der Waals surface area contributed by atoms with Crippen LogP contribution in [0.25, 0.3) is 5.69 Å². The zero-order chi connectivity index (χ0) is 17.2. The molecule has 6 heteroatoms. The average molecular weight is 334 g/mol. The van der Waals surface area contributed by atoms with Crippen LogP contribution in [-0.2, 0) is 11.3 Å². The minimum Gasteiger partial charge on any atom is -0.324 e. The van der Waals surface area contributed by atoms with Gasteiger partial charge in [-0.15, -0.1) is 0 Å². The second-order valence-electron chi connectivity index (χ2n) is 6.16. The molecule has 1 aromatic heterocycles. The minimum absolute atomic E-state index is 0.104. The zero-order valence-electron chi connectivity index (χ0n) is 13.6. The number of nitrogens with zero attached hydrogens (tertiary/aromatic N) is 3. The van der Waals surface area contributed by atoms with E-state index in [1.807, 2.05) is 48.5 Å². The van der Waals surface area contributed by atoms with Gasteiger partial charge in [0.1, 0.15) is 12.4 Å². The monoisotopic (exact) mass is 334 g/mol. The molecule has 1 aliphatic carbocycles. The van der Waals surface area contributed by atoms with Crippen molar-refractivity contribution in [3.05, 3.63) is 77.0 Å². The van der Waals surface area contributed by atoms with Crippen LogP contribution in [0, 0.1) is 0 Å². The van der Waals surface area contributed by atoms with Gasteiger partial charge in [0.2, 0.25) is 5.91 Å². The van der Waals surface area contributed by atoms with Crippen LogP contribution in [-0.4, -0.2) is 20.3 Å². The Hall–Kier alpha value is -3.15. The van der Waals surface area contributed by atoms with E-state index in [1.54, 1.807) is 16.7 Å². The highest BCUT2D eigenvalue weighted by atomic mass is 16.2. The number of carbonyl (C=O) groups excluding carboxylic acids is 1. The van der Waals surface area contributed by atoms with Gasteiger partial charge in [-0.1, -0.05) is 36.4 Å². The number of carbonyl (C=O) groups is 1. The number of benzene rings is 2. The van der Waals surface area contributed by atoms with Gasteiger partial charge < -0.3 is 5.32 Å². The molecule has 1 N–H and O–H groups in total. The molecule has 0 atom stereocenters. The molecular formula is C19H18N4O2. The quantitative estimate of drug-likeness (QED) is 0.779. The third kappa shape index (κ3) is 3.24. The Morgan fingerprint density at radius 1 is 1.04 bits per heavy atom. The summed E-state index contributed by atoms with van der Waals surface area (Å²) in [5.74, 6) is 0.767. The van der Waals surface area contributed by atoms with E-state index in [0.717, 1.165) is 24.4 Å². The van der Waals surface area contributed by atoms with Gasteiger partial charge in [0, 0.05) is 11.6 Å². The maximum absolute atomic E-state index is 12.8. The molecule has 2 aromatic carbocycles. The lowest BCUT2D eigenvalue weighted by molar-refractivity contribution is -0.117. The van der Waals surface area contributed by atoms with Crippen LogP contribution >= 0.6 is 0 Å². The number of hydrogen-bond donors (Lipinski definition) is 1. The van der Waals surface area contributed by atoms with Crippen molar-refractivity contribution in [1.82, 2.24) is 14.3 Å². The molecule has 1 heterocycles. The fourth-order valence-corrected chi connectivity index (χ4v) is 2.81. The Labute approximate surface area is 144 Å². The lowest BCUT2D eigenvalue weighted by Gasteiger charge is -2.04. The molecule has 1 amide bonds. The van der Waals surface area contributed by atoms with Crippen molar-refractivity contribution >= 4 is 11.6 Å². The van der Waals surface area contributed by atoms with Gasteiger partial charge in [-0.25, -0.2) is 14.0 Å². The molecule has 0 aliphatic heterocycles. The van der Waals surface area contributed by atoms with Gasteiger partial charge in [-0.3, -0.25) is 4.79 Å². The van der Waals surface area contributed by atoms with Crippen molar-refractivity contribution in [2.24, 2.45) is 0 Å². The standard InChI is InChI=1S/C19H18N4O2/c24-17(20-15-7-3-1-4-8-15)13-22-19(25)23(16-9-5-2-6-10-16)18(21-22)14-11-12-14/h1-10,14H,11-13H2,(H,20,24). The van der Waals surface area contributed by atoms with Crippen LogP contribution < -0.4 is 11.0 Å². The molecule has 6 nitrogen and oxygen atoms in total. The fourth-order valence-electron chi connectivity index (χ4n) is 2.81.